The first-order chi connectivity index (χ1) is 8.97. The number of ketones is 1. The third kappa shape index (κ3) is 4.11. The SMILES string of the molecule is CN1CCC(N(C)CC(=O)c2cc(Br)sc2Br)CC1. The smallest absolute Gasteiger partial charge is 0.178 e. The molecule has 0 unspecified atom stereocenters. The van der Waals surface area contributed by atoms with Crippen molar-refractivity contribution in [2.75, 3.05) is 33.7 Å². The van der Waals surface area contributed by atoms with E-state index in [2.05, 4.69) is 55.8 Å². The molecule has 0 aliphatic carbocycles. The van der Waals surface area contributed by atoms with Crippen LogP contribution >= 0.6 is 43.2 Å². The highest BCUT2D eigenvalue weighted by molar-refractivity contribution is 9.12. The van der Waals surface area contributed by atoms with Gasteiger partial charge in [0.15, 0.2) is 5.78 Å². The molecule has 3 nitrogen and oxygen atoms in total. The van der Waals surface area contributed by atoms with Gasteiger partial charge in [-0.15, -0.1) is 11.3 Å². The van der Waals surface area contributed by atoms with Crippen LogP contribution in [0.4, 0.5) is 0 Å². The highest BCUT2D eigenvalue weighted by Crippen LogP contribution is 2.32. The van der Waals surface area contributed by atoms with Crippen molar-refractivity contribution >= 4 is 49.0 Å². The van der Waals surface area contributed by atoms with Crippen molar-refractivity contribution in [3.63, 3.8) is 0 Å². The van der Waals surface area contributed by atoms with Crippen LogP contribution in [0.3, 0.4) is 0 Å². The fourth-order valence-corrected chi connectivity index (χ4v) is 5.26. The van der Waals surface area contributed by atoms with Gasteiger partial charge >= 0.3 is 0 Å². The molecule has 1 saturated heterocycles. The standard InChI is InChI=1S/C13H18Br2N2OS/c1-16-5-3-9(4-6-16)17(2)8-11(18)10-7-12(14)19-13(10)15/h7,9H,3-6,8H2,1-2H3. The third-order valence-electron chi connectivity index (χ3n) is 3.66. The molecular weight excluding hydrogens is 392 g/mol. The number of hydrogen-bond donors (Lipinski definition) is 0. The summed E-state index contributed by atoms with van der Waals surface area (Å²) in [4.78, 5) is 16.8. The molecule has 0 aromatic carbocycles. The van der Waals surface area contributed by atoms with Crippen molar-refractivity contribution in [2.45, 2.75) is 18.9 Å². The summed E-state index contributed by atoms with van der Waals surface area (Å²) >= 11 is 8.42. The Bertz CT molecular complexity index is 455. The summed E-state index contributed by atoms with van der Waals surface area (Å²) in [5, 5.41) is 0. The molecule has 6 heteroatoms. The van der Waals surface area contributed by atoms with Gasteiger partial charge in [0.25, 0.3) is 0 Å². The Balaban J connectivity index is 1.93. The Morgan fingerprint density at radius 2 is 2.11 bits per heavy atom. The van der Waals surface area contributed by atoms with Crippen molar-refractivity contribution in [3.05, 3.63) is 19.2 Å². The first-order valence-corrected chi connectivity index (χ1v) is 8.74. The fourth-order valence-electron chi connectivity index (χ4n) is 2.41. The molecule has 1 aromatic heterocycles. The lowest BCUT2D eigenvalue weighted by molar-refractivity contribution is 0.0871. The minimum atomic E-state index is 0.190. The van der Waals surface area contributed by atoms with Crippen LogP contribution in [0, 0.1) is 0 Å². The molecule has 0 spiro atoms. The number of Topliss-reactive ketones (excluding diaryl/α,β-unsaturated/α-hetero) is 1. The van der Waals surface area contributed by atoms with Crippen LogP contribution in [0.1, 0.15) is 23.2 Å². The third-order valence-corrected chi connectivity index (χ3v) is 6.00. The summed E-state index contributed by atoms with van der Waals surface area (Å²) in [6.45, 7) is 2.74. The van der Waals surface area contributed by atoms with Gasteiger partial charge < -0.3 is 4.90 Å². The second-order valence-corrected chi connectivity index (χ2v) is 8.86. The summed E-state index contributed by atoms with van der Waals surface area (Å²) in [6, 6.07) is 2.43. The van der Waals surface area contributed by atoms with E-state index < -0.39 is 0 Å². The summed E-state index contributed by atoms with van der Waals surface area (Å²) in [7, 11) is 4.21. The van der Waals surface area contributed by atoms with Gasteiger partial charge in [0.1, 0.15) is 0 Å². The van der Waals surface area contributed by atoms with Crippen LogP contribution in [0.2, 0.25) is 0 Å². The van der Waals surface area contributed by atoms with E-state index in [1.165, 1.54) is 0 Å². The van der Waals surface area contributed by atoms with E-state index in [1.807, 2.05) is 6.07 Å². The van der Waals surface area contributed by atoms with Crippen molar-refractivity contribution in [1.82, 2.24) is 9.80 Å². The molecule has 19 heavy (non-hydrogen) atoms. The molecule has 0 amide bonds. The Hall–Kier alpha value is 0.250. The highest BCUT2D eigenvalue weighted by Gasteiger charge is 2.23. The van der Waals surface area contributed by atoms with Crippen LogP contribution in [-0.4, -0.2) is 55.4 Å². The lowest BCUT2D eigenvalue weighted by atomic mass is 10.0. The van der Waals surface area contributed by atoms with E-state index in [9.17, 15) is 4.79 Å². The van der Waals surface area contributed by atoms with Crippen molar-refractivity contribution in [1.29, 1.82) is 0 Å². The van der Waals surface area contributed by atoms with Gasteiger partial charge in [-0.25, -0.2) is 0 Å². The minimum absolute atomic E-state index is 0.190. The van der Waals surface area contributed by atoms with Crippen LogP contribution in [0.25, 0.3) is 0 Å². The Labute approximate surface area is 135 Å². The molecule has 1 aromatic rings. The van der Waals surface area contributed by atoms with E-state index >= 15 is 0 Å². The quantitative estimate of drug-likeness (QED) is 0.711. The molecule has 2 rings (SSSR count). The first kappa shape index (κ1) is 15.6. The maximum absolute atomic E-state index is 12.3. The summed E-state index contributed by atoms with van der Waals surface area (Å²) in [5.41, 5.74) is 0.789. The minimum Gasteiger partial charge on any atom is -0.306 e. The largest absolute Gasteiger partial charge is 0.306 e. The number of thiophene rings is 1. The van der Waals surface area contributed by atoms with Gasteiger partial charge in [0, 0.05) is 11.6 Å². The van der Waals surface area contributed by atoms with Crippen LogP contribution in [0.15, 0.2) is 13.6 Å². The first-order valence-electron chi connectivity index (χ1n) is 6.34. The van der Waals surface area contributed by atoms with E-state index in [4.69, 9.17) is 0 Å². The number of likely N-dealkylation sites (N-methyl/N-ethyl adjacent to an activating group) is 1. The van der Waals surface area contributed by atoms with Gasteiger partial charge in [0.2, 0.25) is 0 Å². The summed E-state index contributed by atoms with van der Waals surface area (Å²) in [6.07, 6.45) is 2.30. The number of rotatable bonds is 4. The molecule has 0 saturated carbocycles. The zero-order valence-electron chi connectivity index (χ0n) is 11.2. The average Bonchev–Trinajstić information content (AvgIpc) is 2.69. The molecule has 0 bridgehead atoms. The molecular formula is C13H18Br2N2OS. The summed E-state index contributed by atoms with van der Waals surface area (Å²) < 4.78 is 1.91. The predicted molar refractivity (Wildman–Crippen MR) is 87.2 cm³/mol. The van der Waals surface area contributed by atoms with Crippen molar-refractivity contribution in [3.8, 4) is 0 Å². The average molecular weight is 410 g/mol. The maximum atomic E-state index is 12.3. The van der Waals surface area contributed by atoms with E-state index in [1.54, 1.807) is 11.3 Å². The van der Waals surface area contributed by atoms with Crippen LogP contribution in [-0.2, 0) is 0 Å². The van der Waals surface area contributed by atoms with Gasteiger partial charge in [-0.1, -0.05) is 0 Å². The molecule has 2 heterocycles. The molecule has 1 fully saturated rings. The van der Waals surface area contributed by atoms with E-state index in [0.717, 1.165) is 39.1 Å². The van der Waals surface area contributed by atoms with Gasteiger partial charge in [-0.3, -0.25) is 9.69 Å². The normalized spacial score (nSPS) is 18.2. The predicted octanol–water partition coefficient (Wildman–Crippen LogP) is 3.48. The molecule has 0 radical (unpaired) electrons. The Morgan fingerprint density at radius 1 is 1.47 bits per heavy atom. The number of nitrogens with zero attached hydrogens (tertiary/aromatic N) is 2. The number of hydrogen-bond acceptors (Lipinski definition) is 4. The molecule has 0 atom stereocenters. The lowest BCUT2D eigenvalue weighted by Gasteiger charge is -2.34. The topological polar surface area (TPSA) is 23.6 Å². The second kappa shape index (κ2) is 6.80. The number of halogens is 2. The molecule has 106 valence electrons. The maximum Gasteiger partial charge on any atom is 0.178 e. The Morgan fingerprint density at radius 3 is 2.63 bits per heavy atom. The van der Waals surface area contributed by atoms with Crippen LogP contribution in [0.5, 0.6) is 0 Å². The zero-order chi connectivity index (χ0) is 14.0. The number of carbonyl (C=O) groups excluding carboxylic acids is 1. The summed E-state index contributed by atoms with van der Waals surface area (Å²) in [5.74, 6) is 0.190. The number of carbonyl (C=O) groups is 1. The zero-order valence-corrected chi connectivity index (χ0v) is 15.1. The van der Waals surface area contributed by atoms with Gasteiger partial charge in [-0.2, -0.15) is 0 Å². The highest BCUT2D eigenvalue weighted by atomic mass is 79.9. The Kier molecular flexibility index (Phi) is 5.60. The van der Waals surface area contributed by atoms with Crippen molar-refractivity contribution in [2.24, 2.45) is 0 Å². The molecule has 1 aliphatic heterocycles. The molecule has 0 N–H and O–H groups in total. The lowest BCUT2D eigenvalue weighted by Crippen LogP contribution is -2.43. The monoisotopic (exact) mass is 408 g/mol. The van der Waals surface area contributed by atoms with Crippen LogP contribution < -0.4 is 0 Å². The molecule has 1 aliphatic rings. The number of piperidine rings is 1. The van der Waals surface area contributed by atoms with E-state index in [-0.39, 0.29) is 5.78 Å². The number of likely N-dealkylation sites (tertiary alicyclic amines) is 1. The van der Waals surface area contributed by atoms with E-state index in [0.29, 0.717) is 12.6 Å². The van der Waals surface area contributed by atoms with Gasteiger partial charge in [0.05, 0.1) is 14.1 Å². The van der Waals surface area contributed by atoms with Gasteiger partial charge in [-0.05, 0) is 78.0 Å². The fraction of sp³-hybridized carbons (Fsp3) is 0.615. The van der Waals surface area contributed by atoms with Crippen molar-refractivity contribution < 1.29 is 4.79 Å². The second-order valence-electron chi connectivity index (χ2n) is 5.11.